The van der Waals surface area contributed by atoms with Crippen LogP contribution in [0.15, 0.2) is 0 Å². The first kappa shape index (κ1) is 15.8. The lowest BCUT2D eigenvalue weighted by Gasteiger charge is -2.43. The second-order valence-electron chi connectivity index (χ2n) is 4.55. The molecule has 0 radical (unpaired) electrons. The topological polar surface area (TPSA) is 124 Å². The molecule has 1 saturated heterocycles. The second-order valence-corrected chi connectivity index (χ2v) is 6.77. The van der Waals surface area contributed by atoms with Gasteiger partial charge in [0.05, 0.1) is 11.9 Å². The molecule has 1 fully saturated rings. The molecule has 0 aliphatic carbocycles. The minimum Gasteiger partial charge on any atom is -0.388 e. The molecule has 108 valence electrons. The van der Waals surface area contributed by atoms with Crippen molar-refractivity contribution in [2.24, 2.45) is 0 Å². The van der Waals surface area contributed by atoms with E-state index in [2.05, 4.69) is 0 Å². The van der Waals surface area contributed by atoms with Crippen LogP contribution in [0, 0.1) is 0 Å². The van der Waals surface area contributed by atoms with Crippen LogP contribution < -0.4 is 0 Å². The number of aliphatic hydroxyl groups is 4. The summed E-state index contributed by atoms with van der Waals surface area (Å²) in [5, 5.41) is 35.8. The van der Waals surface area contributed by atoms with Crippen LogP contribution in [0.3, 0.4) is 0 Å². The van der Waals surface area contributed by atoms with Gasteiger partial charge in [0.1, 0.15) is 12.2 Å². The predicted molar refractivity (Wildman–Crippen MR) is 62.2 cm³/mol. The van der Waals surface area contributed by atoms with Gasteiger partial charge in [-0.05, 0) is 13.3 Å². The molecule has 0 aromatic carbocycles. The highest BCUT2D eigenvalue weighted by Crippen LogP contribution is 2.33. The van der Waals surface area contributed by atoms with Gasteiger partial charge in [-0.15, -0.1) is 0 Å². The van der Waals surface area contributed by atoms with Crippen LogP contribution in [-0.2, 0) is 14.6 Å². The fourth-order valence-corrected chi connectivity index (χ4v) is 3.59. The molecule has 0 saturated carbocycles. The summed E-state index contributed by atoms with van der Waals surface area (Å²) in [4.78, 5) is 0. The average Bonchev–Trinajstić information content (AvgIpc) is 2.31. The van der Waals surface area contributed by atoms with Crippen molar-refractivity contribution < 1.29 is 33.6 Å². The van der Waals surface area contributed by atoms with Crippen molar-refractivity contribution in [1.82, 2.24) is 0 Å². The Balaban J connectivity index is 3.04. The van der Waals surface area contributed by atoms with E-state index < -0.39 is 39.4 Å². The zero-order valence-corrected chi connectivity index (χ0v) is 11.2. The predicted octanol–water partition coefficient (Wildman–Crippen LogP) is -1.65. The summed E-state index contributed by atoms with van der Waals surface area (Å²) in [5.41, 5.74) is 0. The van der Waals surface area contributed by atoms with E-state index in [0.29, 0.717) is 12.8 Å². The van der Waals surface area contributed by atoms with Crippen LogP contribution >= 0.6 is 0 Å². The monoisotopic (exact) mass is 284 g/mol. The van der Waals surface area contributed by atoms with Gasteiger partial charge in [-0.3, -0.25) is 0 Å². The molecule has 8 heteroatoms. The Morgan fingerprint density at radius 3 is 2.28 bits per heavy atom. The number of unbranched alkanes of at least 4 members (excludes halogenated alkanes) is 1. The number of rotatable bonds is 4. The van der Waals surface area contributed by atoms with E-state index in [1.165, 1.54) is 6.92 Å². The van der Waals surface area contributed by atoms with Gasteiger partial charge >= 0.3 is 5.12 Å². The highest BCUT2D eigenvalue weighted by atomic mass is 32.2. The first-order valence-electron chi connectivity index (χ1n) is 5.84. The van der Waals surface area contributed by atoms with E-state index >= 15 is 0 Å². The van der Waals surface area contributed by atoms with E-state index in [4.69, 9.17) is 4.74 Å². The van der Waals surface area contributed by atoms with E-state index in [-0.39, 0.29) is 5.75 Å². The molecule has 1 rings (SSSR count). The average molecular weight is 284 g/mol. The van der Waals surface area contributed by atoms with Crippen LogP contribution in [0.2, 0.25) is 0 Å². The van der Waals surface area contributed by atoms with Crippen LogP contribution in [0.1, 0.15) is 26.7 Å². The van der Waals surface area contributed by atoms with Crippen molar-refractivity contribution >= 4 is 9.84 Å². The third-order valence-corrected chi connectivity index (χ3v) is 5.15. The van der Waals surface area contributed by atoms with Gasteiger partial charge < -0.3 is 25.2 Å². The maximum absolute atomic E-state index is 11.9. The first-order valence-corrected chi connectivity index (χ1v) is 7.49. The summed E-state index contributed by atoms with van der Waals surface area (Å²) < 4.78 is 28.7. The summed E-state index contributed by atoms with van der Waals surface area (Å²) in [6.07, 6.45) is -5.56. The Bertz CT molecular complexity index is 382. The van der Waals surface area contributed by atoms with E-state index in [1.807, 2.05) is 0 Å². The molecule has 0 spiro atoms. The fraction of sp³-hybridized carbons (Fsp3) is 1.00. The number of hydrogen-bond donors (Lipinski definition) is 4. The van der Waals surface area contributed by atoms with Crippen LogP contribution in [0.25, 0.3) is 0 Å². The van der Waals surface area contributed by atoms with Gasteiger partial charge in [0.25, 0.3) is 0 Å². The molecule has 0 unspecified atom stereocenters. The van der Waals surface area contributed by atoms with E-state index in [1.54, 1.807) is 6.92 Å². The largest absolute Gasteiger partial charge is 0.388 e. The van der Waals surface area contributed by atoms with Crippen molar-refractivity contribution in [1.29, 1.82) is 0 Å². The Hall–Kier alpha value is -0.250. The summed E-state index contributed by atoms with van der Waals surface area (Å²) >= 11 is 0. The summed E-state index contributed by atoms with van der Waals surface area (Å²) in [6, 6.07) is 0. The second kappa shape index (κ2) is 5.40. The van der Waals surface area contributed by atoms with Crippen LogP contribution in [0.4, 0.5) is 0 Å². The van der Waals surface area contributed by atoms with Crippen molar-refractivity contribution in [2.75, 3.05) is 5.75 Å². The molecule has 18 heavy (non-hydrogen) atoms. The molecule has 1 heterocycles. The van der Waals surface area contributed by atoms with Crippen molar-refractivity contribution in [3.8, 4) is 0 Å². The number of aliphatic hydroxyl groups excluding tert-OH is 3. The van der Waals surface area contributed by atoms with Crippen molar-refractivity contribution in [3.05, 3.63) is 0 Å². The molecule has 0 aromatic heterocycles. The van der Waals surface area contributed by atoms with Gasteiger partial charge in [0.2, 0.25) is 9.84 Å². The Labute approximate surface area is 106 Å². The molecule has 1 aliphatic heterocycles. The highest BCUT2D eigenvalue weighted by Gasteiger charge is 2.58. The first-order chi connectivity index (χ1) is 8.17. The molecule has 4 N–H and O–H groups in total. The number of hydrogen-bond acceptors (Lipinski definition) is 7. The molecule has 1 aliphatic rings. The van der Waals surface area contributed by atoms with Crippen molar-refractivity contribution in [3.63, 3.8) is 0 Å². The van der Waals surface area contributed by atoms with E-state index in [9.17, 15) is 28.8 Å². The quantitative estimate of drug-likeness (QED) is 0.487. The maximum atomic E-state index is 11.9. The molecule has 0 aromatic rings. The normalized spacial score (nSPS) is 41.9. The third-order valence-electron chi connectivity index (χ3n) is 3.10. The molecule has 7 nitrogen and oxygen atoms in total. The van der Waals surface area contributed by atoms with Crippen LogP contribution in [0.5, 0.6) is 0 Å². The van der Waals surface area contributed by atoms with Gasteiger partial charge in [0.15, 0.2) is 6.10 Å². The van der Waals surface area contributed by atoms with Crippen molar-refractivity contribution in [2.45, 2.75) is 56.2 Å². The lowest BCUT2D eigenvalue weighted by molar-refractivity contribution is -0.300. The van der Waals surface area contributed by atoms with Gasteiger partial charge in [-0.1, -0.05) is 13.3 Å². The number of ether oxygens (including phenoxy) is 1. The minimum atomic E-state index is -4.17. The third kappa shape index (κ3) is 2.54. The Morgan fingerprint density at radius 1 is 1.22 bits per heavy atom. The maximum Gasteiger partial charge on any atom is 0.301 e. The standard InChI is InChI=1S/C10H20O7S/c1-3-4-5-18(15,16)10(14)9(13)8(12)7(11)6(2)17-10/h6-9,11-14H,3-5H2,1-2H3/t6-,7-,8+,9+,10-/m1/s1. The van der Waals surface area contributed by atoms with Gasteiger partial charge in [-0.2, -0.15) is 0 Å². The summed E-state index contributed by atoms with van der Waals surface area (Å²) in [5.74, 6) is -0.368. The molecular weight excluding hydrogens is 264 g/mol. The Morgan fingerprint density at radius 2 is 1.78 bits per heavy atom. The zero-order valence-electron chi connectivity index (χ0n) is 10.4. The van der Waals surface area contributed by atoms with Crippen LogP contribution in [-0.4, -0.2) is 64.1 Å². The minimum absolute atomic E-state index is 0.299. The van der Waals surface area contributed by atoms with Gasteiger partial charge in [-0.25, -0.2) is 8.42 Å². The SMILES string of the molecule is CCCCS(=O)(=O)[C@]1(O)O[C@H](C)[C@@H](O)[C@H](O)[C@@H]1O. The lowest BCUT2D eigenvalue weighted by atomic mass is 10.00. The summed E-state index contributed by atoms with van der Waals surface area (Å²) in [6.45, 7) is 3.08. The molecule has 5 atom stereocenters. The van der Waals surface area contributed by atoms with E-state index in [0.717, 1.165) is 0 Å². The zero-order chi connectivity index (χ0) is 14.1. The molecular formula is C10H20O7S. The molecule has 0 amide bonds. The van der Waals surface area contributed by atoms with Gasteiger partial charge in [0, 0.05) is 0 Å². The lowest BCUT2D eigenvalue weighted by Crippen LogP contribution is -2.67. The fourth-order valence-electron chi connectivity index (χ4n) is 1.82. The highest BCUT2D eigenvalue weighted by molar-refractivity contribution is 7.92. The Kier molecular flexibility index (Phi) is 4.74. The summed E-state index contributed by atoms with van der Waals surface area (Å²) in [7, 11) is -4.17. The molecule has 0 bridgehead atoms. The smallest absolute Gasteiger partial charge is 0.301 e. The number of sulfone groups is 1.